The number of carbonyl (C=O) groups excluding carboxylic acids is 2. The number of hydrogen-bond acceptors (Lipinski definition) is 5. The molecule has 0 saturated carbocycles. The fraction of sp³-hybridized carbons (Fsp3) is 0.267. The molecule has 0 bridgehead atoms. The summed E-state index contributed by atoms with van der Waals surface area (Å²) in [5.74, 6) is -0.951. The van der Waals surface area contributed by atoms with Gasteiger partial charge in [0.25, 0.3) is 5.91 Å². The fourth-order valence-corrected chi connectivity index (χ4v) is 1.47. The molecule has 0 saturated heterocycles. The minimum absolute atomic E-state index is 0.0923. The molecule has 0 spiro atoms. The molecule has 0 aliphatic heterocycles. The van der Waals surface area contributed by atoms with Crippen LogP contribution in [0, 0.1) is 11.3 Å². The van der Waals surface area contributed by atoms with Crippen LogP contribution >= 0.6 is 0 Å². The predicted octanol–water partition coefficient (Wildman–Crippen LogP) is 0.863. The molecule has 0 aliphatic rings. The Morgan fingerprint density at radius 3 is 2.67 bits per heavy atom. The first-order valence-electron chi connectivity index (χ1n) is 6.48. The number of esters is 1. The average Bonchev–Trinajstić information content (AvgIpc) is 2.50. The molecule has 0 heterocycles. The fourth-order valence-electron chi connectivity index (χ4n) is 1.47. The maximum absolute atomic E-state index is 11.8. The third-order valence-corrected chi connectivity index (χ3v) is 2.46. The van der Waals surface area contributed by atoms with E-state index in [1.165, 1.54) is 6.20 Å². The summed E-state index contributed by atoms with van der Waals surface area (Å²) in [7, 11) is 0. The molecule has 1 amide bonds. The molecule has 0 atom stereocenters. The molecule has 1 aromatic carbocycles. The van der Waals surface area contributed by atoms with E-state index in [2.05, 4.69) is 10.6 Å². The van der Waals surface area contributed by atoms with E-state index >= 15 is 0 Å². The minimum atomic E-state index is -0.502. The molecule has 0 aromatic heterocycles. The number of rotatable bonds is 7. The van der Waals surface area contributed by atoms with Crippen molar-refractivity contribution in [1.29, 1.82) is 5.26 Å². The van der Waals surface area contributed by atoms with Crippen molar-refractivity contribution < 1.29 is 14.3 Å². The maximum Gasteiger partial charge on any atom is 0.325 e. The number of carbonyl (C=O) groups is 2. The highest BCUT2D eigenvalue weighted by Crippen LogP contribution is 1.98. The van der Waals surface area contributed by atoms with E-state index in [0.29, 0.717) is 6.54 Å². The molecule has 0 unspecified atom stereocenters. The molecule has 21 heavy (non-hydrogen) atoms. The van der Waals surface area contributed by atoms with Gasteiger partial charge in [-0.2, -0.15) is 5.26 Å². The summed E-state index contributed by atoms with van der Waals surface area (Å²) < 4.78 is 4.71. The van der Waals surface area contributed by atoms with Crippen molar-refractivity contribution in [3.8, 4) is 6.07 Å². The van der Waals surface area contributed by atoms with Gasteiger partial charge in [-0.1, -0.05) is 30.3 Å². The van der Waals surface area contributed by atoms with E-state index in [4.69, 9.17) is 10.00 Å². The maximum atomic E-state index is 11.8. The summed E-state index contributed by atoms with van der Waals surface area (Å²) in [5, 5.41) is 14.1. The monoisotopic (exact) mass is 287 g/mol. The van der Waals surface area contributed by atoms with E-state index in [9.17, 15) is 9.59 Å². The highest BCUT2D eigenvalue weighted by atomic mass is 16.5. The number of hydrogen-bond donors (Lipinski definition) is 2. The molecular weight excluding hydrogens is 270 g/mol. The van der Waals surface area contributed by atoms with Gasteiger partial charge in [0.05, 0.1) is 6.61 Å². The highest BCUT2D eigenvalue weighted by molar-refractivity contribution is 5.97. The normalized spacial score (nSPS) is 10.4. The van der Waals surface area contributed by atoms with E-state index in [1.54, 1.807) is 13.0 Å². The Hall–Kier alpha value is -2.81. The van der Waals surface area contributed by atoms with Crippen LogP contribution in [0.5, 0.6) is 0 Å². The van der Waals surface area contributed by atoms with Gasteiger partial charge in [-0.05, 0) is 12.5 Å². The van der Waals surface area contributed by atoms with Crippen LogP contribution in [0.2, 0.25) is 0 Å². The SMILES string of the molecule is CCOC(=O)CN/C=C(/C#N)C(=O)NCc1ccccc1. The van der Waals surface area contributed by atoms with E-state index in [1.807, 2.05) is 30.3 Å². The molecule has 110 valence electrons. The summed E-state index contributed by atoms with van der Waals surface area (Å²) in [6, 6.07) is 11.1. The van der Waals surface area contributed by atoms with Gasteiger partial charge in [-0.3, -0.25) is 9.59 Å². The molecule has 0 fully saturated rings. The molecule has 6 nitrogen and oxygen atoms in total. The predicted molar refractivity (Wildman–Crippen MR) is 76.6 cm³/mol. The summed E-state index contributed by atoms with van der Waals surface area (Å²) in [5.41, 5.74) is 0.831. The zero-order valence-corrected chi connectivity index (χ0v) is 11.8. The Balaban J connectivity index is 2.46. The van der Waals surface area contributed by atoms with Crippen molar-refractivity contribution in [3.05, 3.63) is 47.7 Å². The van der Waals surface area contributed by atoms with Gasteiger partial charge >= 0.3 is 5.97 Å². The van der Waals surface area contributed by atoms with Gasteiger partial charge in [0.2, 0.25) is 0 Å². The third-order valence-electron chi connectivity index (χ3n) is 2.46. The molecular formula is C15H17N3O3. The second-order valence-electron chi connectivity index (χ2n) is 4.02. The Kier molecular flexibility index (Phi) is 7.08. The van der Waals surface area contributed by atoms with Gasteiger partial charge in [0.15, 0.2) is 0 Å². The van der Waals surface area contributed by atoms with Crippen LogP contribution in [-0.2, 0) is 20.9 Å². The summed E-state index contributed by atoms with van der Waals surface area (Å²) in [6.45, 7) is 2.22. The van der Waals surface area contributed by atoms with Crippen molar-refractivity contribution in [1.82, 2.24) is 10.6 Å². The quantitative estimate of drug-likeness (QED) is 0.441. The lowest BCUT2D eigenvalue weighted by Crippen LogP contribution is -2.26. The third kappa shape index (κ3) is 6.25. The molecule has 2 N–H and O–H groups in total. The first-order valence-corrected chi connectivity index (χ1v) is 6.48. The van der Waals surface area contributed by atoms with Crippen molar-refractivity contribution in [3.63, 3.8) is 0 Å². The topological polar surface area (TPSA) is 91.2 Å². The molecule has 1 rings (SSSR count). The second-order valence-corrected chi connectivity index (χ2v) is 4.02. The van der Waals surface area contributed by atoms with Crippen LogP contribution in [0.4, 0.5) is 0 Å². The zero-order chi connectivity index (χ0) is 15.5. The number of ether oxygens (including phenoxy) is 1. The van der Waals surface area contributed by atoms with Gasteiger partial charge in [0.1, 0.15) is 18.2 Å². The lowest BCUT2D eigenvalue weighted by atomic mass is 10.2. The van der Waals surface area contributed by atoms with Crippen LogP contribution in [0.15, 0.2) is 42.1 Å². The van der Waals surface area contributed by atoms with Gasteiger partial charge in [-0.15, -0.1) is 0 Å². The molecule has 6 heteroatoms. The Bertz CT molecular complexity index is 547. The first-order chi connectivity index (χ1) is 10.2. The molecule has 1 aromatic rings. The van der Waals surface area contributed by atoms with E-state index in [-0.39, 0.29) is 18.7 Å². The molecule has 0 aliphatic carbocycles. The average molecular weight is 287 g/mol. The number of nitrogens with zero attached hydrogens (tertiary/aromatic N) is 1. The lowest BCUT2D eigenvalue weighted by molar-refractivity contribution is -0.141. The summed E-state index contributed by atoms with van der Waals surface area (Å²) in [6.07, 6.45) is 1.21. The zero-order valence-electron chi connectivity index (χ0n) is 11.8. The number of benzene rings is 1. The van der Waals surface area contributed by atoms with E-state index in [0.717, 1.165) is 5.56 Å². The van der Waals surface area contributed by atoms with Crippen LogP contribution in [0.25, 0.3) is 0 Å². The Morgan fingerprint density at radius 2 is 2.05 bits per heavy atom. The second kappa shape index (κ2) is 9.15. The van der Waals surface area contributed by atoms with Crippen molar-refractivity contribution in [2.45, 2.75) is 13.5 Å². The van der Waals surface area contributed by atoms with E-state index < -0.39 is 11.9 Å². The van der Waals surface area contributed by atoms with Crippen molar-refractivity contribution in [2.24, 2.45) is 0 Å². The van der Waals surface area contributed by atoms with Crippen molar-refractivity contribution in [2.75, 3.05) is 13.2 Å². The molecule has 0 radical (unpaired) electrons. The Morgan fingerprint density at radius 1 is 1.33 bits per heavy atom. The largest absolute Gasteiger partial charge is 0.465 e. The first kappa shape index (κ1) is 16.2. The van der Waals surface area contributed by atoms with Gasteiger partial charge in [-0.25, -0.2) is 0 Å². The lowest BCUT2D eigenvalue weighted by Gasteiger charge is -2.05. The highest BCUT2D eigenvalue weighted by Gasteiger charge is 2.08. The van der Waals surface area contributed by atoms with Crippen LogP contribution in [-0.4, -0.2) is 25.0 Å². The summed E-state index contributed by atoms with van der Waals surface area (Å²) in [4.78, 5) is 22.9. The van der Waals surface area contributed by atoms with Crippen LogP contribution < -0.4 is 10.6 Å². The summed E-state index contributed by atoms with van der Waals surface area (Å²) >= 11 is 0. The number of nitriles is 1. The standard InChI is InChI=1S/C15H17N3O3/c1-2-21-14(19)11-17-10-13(8-16)15(20)18-9-12-6-4-3-5-7-12/h3-7,10,17H,2,9,11H2,1H3,(H,18,20)/b13-10-. The van der Waals surface area contributed by atoms with Crippen LogP contribution in [0.1, 0.15) is 12.5 Å². The number of nitrogens with one attached hydrogen (secondary N) is 2. The van der Waals surface area contributed by atoms with Crippen molar-refractivity contribution >= 4 is 11.9 Å². The van der Waals surface area contributed by atoms with Gasteiger partial charge < -0.3 is 15.4 Å². The number of amides is 1. The van der Waals surface area contributed by atoms with Crippen LogP contribution in [0.3, 0.4) is 0 Å². The Labute approximate surface area is 123 Å². The minimum Gasteiger partial charge on any atom is -0.465 e. The van der Waals surface area contributed by atoms with Gasteiger partial charge in [0, 0.05) is 12.7 Å². The smallest absolute Gasteiger partial charge is 0.325 e.